The summed E-state index contributed by atoms with van der Waals surface area (Å²) in [4.78, 5) is 10.5. The summed E-state index contributed by atoms with van der Waals surface area (Å²) in [6.07, 6.45) is 9.32. The van der Waals surface area contributed by atoms with Gasteiger partial charge in [-0.3, -0.25) is 4.79 Å². The predicted molar refractivity (Wildman–Crippen MR) is 111 cm³/mol. The van der Waals surface area contributed by atoms with Crippen molar-refractivity contribution in [2.24, 2.45) is 11.8 Å². The number of allylic oxidation sites excluding steroid dienone is 2. The van der Waals surface area contributed by atoms with Crippen LogP contribution in [0.2, 0.25) is 0 Å². The van der Waals surface area contributed by atoms with Gasteiger partial charge in [0.1, 0.15) is 0 Å². The van der Waals surface area contributed by atoms with Crippen molar-refractivity contribution in [2.75, 3.05) is 5.75 Å². The Morgan fingerprint density at radius 3 is 2.56 bits per heavy atom. The molecular formula is C21H38O5S. The van der Waals surface area contributed by atoms with Gasteiger partial charge in [-0.2, -0.15) is 11.8 Å². The highest BCUT2D eigenvalue weighted by Gasteiger charge is 2.41. The van der Waals surface area contributed by atoms with Gasteiger partial charge in [0.25, 0.3) is 0 Å². The minimum Gasteiger partial charge on any atom is -0.481 e. The van der Waals surface area contributed by atoms with Crippen molar-refractivity contribution in [3.63, 3.8) is 0 Å². The molecular weight excluding hydrogens is 364 g/mol. The molecule has 0 radical (unpaired) electrons. The van der Waals surface area contributed by atoms with Gasteiger partial charge in [0.05, 0.1) is 18.3 Å². The summed E-state index contributed by atoms with van der Waals surface area (Å²) in [5.41, 5.74) is 0. The Morgan fingerprint density at radius 1 is 1.19 bits per heavy atom. The highest BCUT2D eigenvalue weighted by atomic mass is 32.2. The molecule has 0 saturated heterocycles. The second-order valence-corrected chi connectivity index (χ2v) is 8.91. The number of carbonyl (C=O) groups is 1. The quantitative estimate of drug-likeness (QED) is 0.262. The molecule has 6 heteroatoms. The molecule has 1 aliphatic carbocycles. The van der Waals surface area contributed by atoms with Gasteiger partial charge in [0.2, 0.25) is 0 Å². The van der Waals surface area contributed by atoms with E-state index in [4.69, 9.17) is 5.11 Å². The molecule has 0 aromatic carbocycles. The molecule has 5 nitrogen and oxygen atoms in total. The standard InChI is InChI=1S/C21H38O5S/c1-3-5-10-15(4-2)19(24)14-27-21-16(17(22)13-18(21)23)11-8-6-7-9-12-20(25)26/h6,8,15-19,21-24H,3-5,7,9-14H2,1-2H3,(H,25,26)/t15?,16-,17?,18?,19?,21+/m0/s1. The van der Waals surface area contributed by atoms with E-state index >= 15 is 0 Å². The van der Waals surface area contributed by atoms with Crippen molar-refractivity contribution >= 4 is 17.7 Å². The largest absolute Gasteiger partial charge is 0.481 e. The maximum absolute atomic E-state index is 10.5. The van der Waals surface area contributed by atoms with E-state index in [1.165, 1.54) is 0 Å². The lowest BCUT2D eigenvalue weighted by molar-refractivity contribution is -0.137. The number of hydrogen-bond acceptors (Lipinski definition) is 5. The lowest BCUT2D eigenvalue weighted by Gasteiger charge is -2.26. The fourth-order valence-electron chi connectivity index (χ4n) is 3.81. The van der Waals surface area contributed by atoms with Crippen molar-refractivity contribution in [2.45, 2.75) is 95.2 Å². The summed E-state index contributed by atoms with van der Waals surface area (Å²) in [5.74, 6) is 0.0874. The number of unbranched alkanes of at least 4 members (excludes halogenated alkanes) is 2. The van der Waals surface area contributed by atoms with Crippen LogP contribution in [0.25, 0.3) is 0 Å². The second-order valence-electron chi connectivity index (χ2n) is 7.70. The number of aliphatic hydroxyl groups excluding tert-OH is 3. The van der Waals surface area contributed by atoms with Crippen LogP contribution in [0.5, 0.6) is 0 Å². The molecule has 1 rings (SSSR count). The first-order valence-electron chi connectivity index (χ1n) is 10.4. The van der Waals surface area contributed by atoms with Crippen LogP contribution in [0.4, 0.5) is 0 Å². The van der Waals surface area contributed by atoms with Crippen molar-refractivity contribution in [3.05, 3.63) is 12.2 Å². The van der Waals surface area contributed by atoms with Crippen LogP contribution in [0.3, 0.4) is 0 Å². The SMILES string of the molecule is CCCCC(CC)C(O)CS[C@H]1C(O)CC(O)[C@@H]1CC=CCCCC(=O)O. The topological polar surface area (TPSA) is 98.0 Å². The Morgan fingerprint density at radius 2 is 1.93 bits per heavy atom. The lowest BCUT2D eigenvalue weighted by atomic mass is 9.94. The van der Waals surface area contributed by atoms with E-state index in [0.29, 0.717) is 37.4 Å². The average Bonchev–Trinajstić information content (AvgIpc) is 2.89. The molecule has 6 atom stereocenters. The summed E-state index contributed by atoms with van der Waals surface area (Å²) in [7, 11) is 0. The van der Waals surface area contributed by atoms with Crippen LogP contribution in [-0.4, -0.2) is 55.7 Å². The lowest BCUT2D eigenvalue weighted by Crippen LogP contribution is -2.29. The Balaban J connectivity index is 2.48. The molecule has 0 aliphatic heterocycles. The van der Waals surface area contributed by atoms with E-state index in [0.717, 1.165) is 25.7 Å². The first kappa shape index (κ1) is 24.5. The molecule has 0 bridgehead atoms. The van der Waals surface area contributed by atoms with Crippen molar-refractivity contribution < 1.29 is 25.2 Å². The van der Waals surface area contributed by atoms with E-state index < -0.39 is 18.2 Å². The zero-order valence-corrected chi connectivity index (χ0v) is 17.6. The molecule has 4 N–H and O–H groups in total. The van der Waals surface area contributed by atoms with Gasteiger partial charge in [0, 0.05) is 29.8 Å². The number of rotatable bonds is 14. The first-order valence-corrected chi connectivity index (χ1v) is 11.5. The van der Waals surface area contributed by atoms with Crippen LogP contribution in [0.1, 0.15) is 71.6 Å². The van der Waals surface area contributed by atoms with Crippen molar-refractivity contribution in [1.29, 1.82) is 0 Å². The van der Waals surface area contributed by atoms with Gasteiger partial charge in [-0.25, -0.2) is 0 Å². The Kier molecular flexibility index (Phi) is 12.3. The van der Waals surface area contributed by atoms with E-state index in [9.17, 15) is 20.1 Å². The highest BCUT2D eigenvalue weighted by Crippen LogP contribution is 2.39. The van der Waals surface area contributed by atoms with Crippen LogP contribution in [0.15, 0.2) is 12.2 Å². The number of thioether (sulfide) groups is 1. The Labute approximate surface area is 168 Å². The number of carboxylic acid groups (broad SMARTS) is 1. The van der Waals surface area contributed by atoms with Gasteiger partial charge < -0.3 is 20.4 Å². The number of aliphatic hydroxyl groups is 3. The Bertz CT molecular complexity index is 442. The van der Waals surface area contributed by atoms with Crippen molar-refractivity contribution in [1.82, 2.24) is 0 Å². The van der Waals surface area contributed by atoms with Crippen LogP contribution in [-0.2, 0) is 4.79 Å². The maximum Gasteiger partial charge on any atom is 0.303 e. The Hall–Kier alpha value is -0.560. The number of carboxylic acids is 1. The molecule has 27 heavy (non-hydrogen) atoms. The van der Waals surface area contributed by atoms with Crippen LogP contribution in [0, 0.1) is 11.8 Å². The fraction of sp³-hybridized carbons (Fsp3) is 0.857. The second kappa shape index (κ2) is 13.6. The summed E-state index contributed by atoms with van der Waals surface area (Å²) in [5, 5.41) is 39.7. The minimum absolute atomic E-state index is 0.0244. The molecule has 1 saturated carbocycles. The summed E-state index contributed by atoms with van der Waals surface area (Å²) >= 11 is 1.59. The molecule has 1 aliphatic rings. The summed E-state index contributed by atoms with van der Waals surface area (Å²) in [6, 6.07) is 0. The average molecular weight is 403 g/mol. The first-order chi connectivity index (χ1) is 12.9. The molecule has 0 spiro atoms. The zero-order chi connectivity index (χ0) is 20.2. The van der Waals surface area contributed by atoms with Crippen LogP contribution < -0.4 is 0 Å². The minimum atomic E-state index is -0.780. The van der Waals surface area contributed by atoms with Gasteiger partial charge in [-0.05, 0) is 31.6 Å². The molecule has 0 heterocycles. The van der Waals surface area contributed by atoms with Crippen LogP contribution >= 0.6 is 11.8 Å². The predicted octanol–water partition coefficient (Wildman–Crippen LogP) is 3.61. The molecule has 158 valence electrons. The number of hydrogen-bond donors (Lipinski definition) is 4. The maximum atomic E-state index is 10.5. The monoisotopic (exact) mass is 402 g/mol. The van der Waals surface area contributed by atoms with Gasteiger partial charge in [-0.15, -0.1) is 0 Å². The normalized spacial score (nSPS) is 27.9. The van der Waals surface area contributed by atoms with E-state index in [2.05, 4.69) is 13.8 Å². The zero-order valence-electron chi connectivity index (χ0n) is 16.8. The molecule has 0 aromatic heterocycles. The molecule has 4 unspecified atom stereocenters. The van der Waals surface area contributed by atoms with E-state index in [1.807, 2.05) is 12.2 Å². The van der Waals surface area contributed by atoms with Crippen molar-refractivity contribution in [3.8, 4) is 0 Å². The third kappa shape index (κ3) is 8.99. The third-order valence-corrected chi connectivity index (χ3v) is 7.15. The fourth-order valence-corrected chi connectivity index (χ4v) is 5.37. The molecule has 0 aromatic rings. The van der Waals surface area contributed by atoms with Gasteiger partial charge in [0.15, 0.2) is 0 Å². The van der Waals surface area contributed by atoms with E-state index in [-0.39, 0.29) is 23.7 Å². The van der Waals surface area contributed by atoms with Gasteiger partial charge in [-0.1, -0.05) is 45.3 Å². The summed E-state index contributed by atoms with van der Waals surface area (Å²) < 4.78 is 0. The molecule has 1 fully saturated rings. The van der Waals surface area contributed by atoms with Gasteiger partial charge >= 0.3 is 5.97 Å². The highest BCUT2D eigenvalue weighted by molar-refractivity contribution is 8.00. The third-order valence-electron chi connectivity index (χ3n) is 5.57. The summed E-state index contributed by atoms with van der Waals surface area (Å²) in [6.45, 7) is 4.27. The smallest absolute Gasteiger partial charge is 0.303 e. The number of aliphatic carboxylic acids is 1. The van der Waals surface area contributed by atoms with E-state index in [1.54, 1.807) is 11.8 Å². The molecule has 0 amide bonds.